The lowest BCUT2D eigenvalue weighted by atomic mass is 10.1. The number of unbranched alkanes of at least 4 members (excludes halogenated alkanes) is 1. The highest BCUT2D eigenvalue weighted by molar-refractivity contribution is 5.87. The maximum atomic E-state index is 13.3. The van der Waals surface area contributed by atoms with E-state index in [9.17, 15) is 9.59 Å². The summed E-state index contributed by atoms with van der Waals surface area (Å²) in [4.78, 5) is 29.6. The molecule has 0 radical (unpaired) electrons. The van der Waals surface area contributed by atoms with Crippen molar-refractivity contribution < 1.29 is 14.3 Å². The quantitative estimate of drug-likeness (QED) is 0.476. The SMILES string of the molecule is CCCCN(Cc1cccn1Cc1cccc(C)c1)C(=O)CN(CCOC)C(=O)C1CC1. The molecule has 6 nitrogen and oxygen atoms in total. The molecule has 0 atom stereocenters. The minimum atomic E-state index is 0.00635. The van der Waals surface area contributed by atoms with Gasteiger partial charge in [-0.2, -0.15) is 0 Å². The van der Waals surface area contributed by atoms with Crippen molar-refractivity contribution in [2.75, 3.05) is 33.4 Å². The van der Waals surface area contributed by atoms with E-state index >= 15 is 0 Å². The van der Waals surface area contributed by atoms with Gasteiger partial charge in [-0.25, -0.2) is 0 Å². The summed E-state index contributed by atoms with van der Waals surface area (Å²) in [6.45, 7) is 7.28. The first-order valence-corrected chi connectivity index (χ1v) is 11.8. The number of benzene rings is 1. The fourth-order valence-electron chi connectivity index (χ4n) is 3.91. The number of hydrogen-bond donors (Lipinski definition) is 0. The maximum absolute atomic E-state index is 13.3. The van der Waals surface area contributed by atoms with Crippen molar-refractivity contribution >= 4 is 11.8 Å². The van der Waals surface area contributed by atoms with Crippen molar-refractivity contribution in [3.8, 4) is 0 Å². The Bertz CT molecular complexity index is 888. The van der Waals surface area contributed by atoms with Gasteiger partial charge in [0.25, 0.3) is 0 Å². The normalized spacial score (nSPS) is 13.2. The molecule has 3 rings (SSSR count). The summed E-state index contributed by atoms with van der Waals surface area (Å²) in [5.74, 6) is 0.191. The van der Waals surface area contributed by atoms with Crippen molar-refractivity contribution in [3.63, 3.8) is 0 Å². The zero-order valence-electron chi connectivity index (χ0n) is 19.8. The van der Waals surface area contributed by atoms with Crippen LogP contribution in [-0.4, -0.2) is 59.5 Å². The van der Waals surface area contributed by atoms with E-state index in [4.69, 9.17) is 4.74 Å². The zero-order valence-corrected chi connectivity index (χ0v) is 19.8. The molecule has 1 aromatic heterocycles. The highest BCUT2D eigenvalue weighted by Crippen LogP contribution is 2.31. The molecule has 1 fully saturated rings. The number of carbonyl (C=O) groups excluding carboxylic acids is 2. The van der Waals surface area contributed by atoms with E-state index in [1.165, 1.54) is 11.1 Å². The molecule has 0 spiro atoms. The number of amides is 2. The summed E-state index contributed by atoms with van der Waals surface area (Å²) < 4.78 is 7.38. The van der Waals surface area contributed by atoms with E-state index in [1.807, 2.05) is 11.0 Å². The molecule has 0 bridgehead atoms. The number of hydrogen-bond acceptors (Lipinski definition) is 3. The molecule has 1 saturated carbocycles. The van der Waals surface area contributed by atoms with Gasteiger partial charge in [0, 0.05) is 44.6 Å². The summed E-state index contributed by atoms with van der Waals surface area (Å²) in [5.41, 5.74) is 3.59. The largest absolute Gasteiger partial charge is 0.383 e. The second-order valence-electron chi connectivity index (χ2n) is 8.81. The van der Waals surface area contributed by atoms with Gasteiger partial charge in [-0.3, -0.25) is 9.59 Å². The Morgan fingerprint density at radius 2 is 1.94 bits per heavy atom. The molecule has 1 aliphatic carbocycles. The summed E-state index contributed by atoms with van der Waals surface area (Å²) >= 11 is 0. The molecule has 0 saturated heterocycles. The van der Waals surface area contributed by atoms with E-state index in [0.717, 1.165) is 37.9 Å². The average Bonchev–Trinajstić information content (AvgIpc) is 3.54. The van der Waals surface area contributed by atoms with Crippen molar-refractivity contribution in [2.45, 2.75) is 52.6 Å². The number of nitrogens with zero attached hydrogens (tertiary/aromatic N) is 3. The summed E-state index contributed by atoms with van der Waals surface area (Å²) in [7, 11) is 1.62. The first-order valence-electron chi connectivity index (χ1n) is 11.8. The number of aryl methyl sites for hydroxylation is 1. The summed E-state index contributed by atoms with van der Waals surface area (Å²) in [5, 5.41) is 0. The fourth-order valence-corrected chi connectivity index (χ4v) is 3.91. The highest BCUT2D eigenvalue weighted by atomic mass is 16.5. The van der Waals surface area contributed by atoms with Gasteiger partial charge in [0.2, 0.25) is 11.8 Å². The third-order valence-corrected chi connectivity index (χ3v) is 5.98. The van der Waals surface area contributed by atoms with Crippen molar-refractivity contribution in [1.82, 2.24) is 14.4 Å². The van der Waals surface area contributed by atoms with E-state index in [2.05, 4.69) is 54.9 Å². The highest BCUT2D eigenvalue weighted by Gasteiger charge is 2.34. The molecule has 0 N–H and O–H groups in total. The number of rotatable bonds is 13. The first-order chi connectivity index (χ1) is 15.5. The molecule has 1 heterocycles. The second-order valence-corrected chi connectivity index (χ2v) is 8.81. The second kappa shape index (κ2) is 11.9. The van der Waals surface area contributed by atoms with Gasteiger partial charge in [0.05, 0.1) is 19.7 Å². The third-order valence-electron chi connectivity index (χ3n) is 5.98. The maximum Gasteiger partial charge on any atom is 0.242 e. The molecule has 32 heavy (non-hydrogen) atoms. The van der Waals surface area contributed by atoms with E-state index in [0.29, 0.717) is 26.2 Å². The Hall–Kier alpha value is -2.60. The first kappa shape index (κ1) is 24.1. The van der Waals surface area contributed by atoms with Crippen LogP contribution in [-0.2, 0) is 27.4 Å². The molecule has 2 amide bonds. The predicted octanol–water partition coefficient (Wildman–Crippen LogP) is 3.86. The zero-order chi connectivity index (χ0) is 22.9. The van der Waals surface area contributed by atoms with Gasteiger partial charge in [0.15, 0.2) is 0 Å². The van der Waals surface area contributed by atoms with Crippen LogP contribution in [0.1, 0.15) is 49.4 Å². The minimum Gasteiger partial charge on any atom is -0.383 e. The Balaban J connectivity index is 1.70. The van der Waals surface area contributed by atoms with E-state index in [1.54, 1.807) is 12.0 Å². The van der Waals surface area contributed by atoms with Crippen LogP contribution in [0.5, 0.6) is 0 Å². The fraction of sp³-hybridized carbons (Fsp3) is 0.538. The van der Waals surface area contributed by atoms with Crippen molar-refractivity contribution in [3.05, 3.63) is 59.4 Å². The van der Waals surface area contributed by atoms with Crippen LogP contribution >= 0.6 is 0 Å². The van der Waals surface area contributed by atoms with Crippen LogP contribution in [0.15, 0.2) is 42.6 Å². The molecule has 0 unspecified atom stereocenters. The van der Waals surface area contributed by atoms with Gasteiger partial charge >= 0.3 is 0 Å². The number of carbonyl (C=O) groups is 2. The Labute approximate surface area is 192 Å². The van der Waals surface area contributed by atoms with Gasteiger partial charge in [-0.15, -0.1) is 0 Å². The number of methoxy groups -OCH3 is 1. The molecular weight excluding hydrogens is 402 g/mol. The van der Waals surface area contributed by atoms with Crippen LogP contribution in [0.2, 0.25) is 0 Å². The third kappa shape index (κ3) is 6.95. The average molecular weight is 440 g/mol. The van der Waals surface area contributed by atoms with Crippen LogP contribution in [0.4, 0.5) is 0 Å². The number of aromatic nitrogens is 1. The smallest absolute Gasteiger partial charge is 0.242 e. The van der Waals surface area contributed by atoms with Crippen LogP contribution < -0.4 is 0 Å². The Kier molecular flexibility index (Phi) is 8.91. The van der Waals surface area contributed by atoms with Crippen molar-refractivity contribution in [1.29, 1.82) is 0 Å². The van der Waals surface area contributed by atoms with E-state index < -0.39 is 0 Å². The van der Waals surface area contributed by atoms with Gasteiger partial charge in [0.1, 0.15) is 0 Å². The summed E-state index contributed by atoms with van der Waals surface area (Å²) in [6, 6.07) is 12.6. The molecule has 6 heteroatoms. The van der Waals surface area contributed by atoms with Gasteiger partial charge in [-0.05, 0) is 43.9 Å². The number of ether oxygens (including phenoxy) is 1. The predicted molar refractivity (Wildman–Crippen MR) is 126 cm³/mol. The monoisotopic (exact) mass is 439 g/mol. The molecule has 0 aliphatic heterocycles. The van der Waals surface area contributed by atoms with Crippen LogP contribution in [0, 0.1) is 12.8 Å². The van der Waals surface area contributed by atoms with Crippen LogP contribution in [0.25, 0.3) is 0 Å². The summed E-state index contributed by atoms with van der Waals surface area (Å²) in [6.07, 6.45) is 5.90. The van der Waals surface area contributed by atoms with Gasteiger partial charge in [-0.1, -0.05) is 43.2 Å². The van der Waals surface area contributed by atoms with E-state index in [-0.39, 0.29) is 24.3 Å². The molecule has 1 aliphatic rings. The van der Waals surface area contributed by atoms with Gasteiger partial charge < -0.3 is 19.1 Å². The Morgan fingerprint density at radius 3 is 2.62 bits per heavy atom. The molecular formula is C26H37N3O3. The minimum absolute atomic E-state index is 0.00635. The topological polar surface area (TPSA) is 54.8 Å². The lowest BCUT2D eigenvalue weighted by Crippen LogP contribution is -2.45. The lowest BCUT2D eigenvalue weighted by Gasteiger charge is -2.28. The van der Waals surface area contributed by atoms with Crippen molar-refractivity contribution in [2.24, 2.45) is 5.92 Å². The molecule has 174 valence electrons. The lowest BCUT2D eigenvalue weighted by molar-refractivity contribution is -0.142. The van der Waals surface area contributed by atoms with Crippen LogP contribution in [0.3, 0.4) is 0 Å². The standard InChI is InChI=1S/C26H37N3O3/c1-4-5-13-28(25(30)20-29(15-16-32-3)26(31)23-11-12-23)19-24-10-7-14-27(24)18-22-9-6-8-21(2)17-22/h6-10,14,17,23H,4-5,11-13,15-16,18-20H2,1-3H3. The Morgan fingerprint density at radius 1 is 1.12 bits per heavy atom. The molecule has 1 aromatic carbocycles. The molecule has 2 aromatic rings.